The highest BCUT2D eigenvalue weighted by Crippen LogP contribution is 2.72. The number of halogens is 4. The lowest BCUT2D eigenvalue weighted by Gasteiger charge is -2.68. The van der Waals surface area contributed by atoms with E-state index in [9.17, 15) is 27.8 Å². The fourth-order valence-electron chi connectivity index (χ4n) is 4.84. The summed E-state index contributed by atoms with van der Waals surface area (Å²) in [5.41, 5.74) is -4.19. The molecule has 1 saturated carbocycles. The van der Waals surface area contributed by atoms with E-state index in [1.54, 1.807) is 0 Å². The van der Waals surface area contributed by atoms with Crippen molar-refractivity contribution >= 4 is 0 Å². The van der Waals surface area contributed by atoms with Crippen LogP contribution in [0.3, 0.4) is 0 Å². The van der Waals surface area contributed by atoms with Gasteiger partial charge in [0, 0.05) is 16.2 Å². The van der Waals surface area contributed by atoms with E-state index in [1.165, 1.54) is 48.5 Å². The molecule has 0 atom stereocenters. The molecule has 1 fully saturated rings. The molecule has 1 aliphatic carbocycles. The lowest BCUT2D eigenvalue weighted by atomic mass is 9.33. The number of alkyl halides is 4. The highest BCUT2D eigenvalue weighted by Gasteiger charge is 2.75. The third-order valence-corrected chi connectivity index (χ3v) is 5.89. The van der Waals surface area contributed by atoms with E-state index in [2.05, 4.69) is 0 Å². The Morgan fingerprint density at radius 2 is 0.923 bits per heavy atom. The quantitative estimate of drug-likeness (QED) is 0.730. The normalized spacial score (nSPS) is 19.7. The minimum absolute atomic E-state index is 0.0638. The molecule has 2 N–H and O–H groups in total. The van der Waals surface area contributed by atoms with E-state index < -0.39 is 42.9 Å². The Bertz CT molecular complexity index is 685. The first-order valence-corrected chi connectivity index (χ1v) is 8.28. The standard InChI is InChI=1S/C20H20F4O2/c21-10-18(11-22)9-19(12-23,13-24)20(18,14-1-5-16(25)6-2-14)15-3-7-17(26)8-4-15/h1-8,25-26H,9-13H2. The van der Waals surface area contributed by atoms with Crippen molar-refractivity contribution in [3.8, 4) is 11.5 Å². The van der Waals surface area contributed by atoms with E-state index in [-0.39, 0.29) is 17.9 Å². The maximum Gasteiger partial charge on any atom is 0.115 e. The summed E-state index contributed by atoms with van der Waals surface area (Å²) in [6.45, 7) is -4.36. The van der Waals surface area contributed by atoms with Gasteiger partial charge in [-0.25, -0.2) is 0 Å². The SMILES string of the molecule is Oc1ccc(C2(c3ccc(O)cc3)C(CF)(CF)CC2(CF)CF)cc1. The third kappa shape index (κ3) is 2.17. The average Bonchev–Trinajstić information content (AvgIpc) is 2.66. The Morgan fingerprint density at radius 1 is 0.615 bits per heavy atom. The maximum atomic E-state index is 14.2. The van der Waals surface area contributed by atoms with Crippen molar-refractivity contribution in [3.63, 3.8) is 0 Å². The van der Waals surface area contributed by atoms with Crippen molar-refractivity contribution in [2.75, 3.05) is 26.7 Å². The van der Waals surface area contributed by atoms with Gasteiger partial charge in [0.25, 0.3) is 0 Å². The number of phenolic OH excluding ortho intramolecular Hbond substituents is 2. The monoisotopic (exact) mass is 368 g/mol. The highest BCUT2D eigenvalue weighted by molar-refractivity contribution is 5.52. The van der Waals surface area contributed by atoms with Gasteiger partial charge >= 0.3 is 0 Å². The van der Waals surface area contributed by atoms with Gasteiger partial charge in [-0.05, 0) is 41.8 Å². The Labute approximate surface area is 149 Å². The van der Waals surface area contributed by atoms with E-state index in [0.29, 0.717) is 11.1 Å². The molecule has 26 heavy (non-hydrogen) atoms. The van der Waals surface area contributed by atoms with Gasteiger partial charge < -0.3 is 10.2 Å². The van der Waals surface area contributed by atoms with Crippen molar-refractivity contribution in [2.24, 2.45) is 10.8 Å². The Balaban J connectivity index is 2.37. The zero-order chi connectivity index (χ0) is 19.0. The van der Waals surface area contributed by atoms with Crippen LogP contribution in [0.2, 0.25) is 0 Å². The highest BCUT2D eigenvalue weighted by atomic mass is 19.1. The summed E-state index contributed by atoms with van der Waals surface area (Å²) in [6, 6.07) is 11.1. The van der Waals surface area contributed by atoms with Gasteiger partial charge in [0.05, 0.1) is 26.7 Å². The van der Waals surface area contributed by atoms with E-state index in [4.69, 9.17) is 0 Å². The molecule has 2 nitrogen and oxygen atoms in total. The van der Waals surface area contributed by atoms with Gasteiger partial charge in [-0.15, -0.1) is 0 Å². The molecule has 1 aliphatic rings. The molecule has 2 aromatic rings. The summed E-state index contributed by atoms with van der Waals surface area (Å²) in [5, 5.41) is 19.2. The van der Waals surface area contributed by atoms with Crippen LogP contribution in [0.1, 0.15) is 17.5 Å². The summed E-state index contributed by atoms with van der Waals surface area (Å²) in [4.78, 5) is 0. The van der Waals surface area contributed by atoms with E-state index in [1.807, 2.05) is 0 Å². The summed E-state index contributed by atoms with van der Waals surface area (Å²) in [5.74, 6) is -0.128. The zero-order valence-corrected chi connectivity index (χ0v) is 14.1. The van der Waals surface area contributed by atoms with Gasteiger partial charge in [0.1, 0.15) is 11.5 Å². The maximum absolute atomic E-state index is 14.2. The van der Waals surface area contributed by atoms with Gasteiger partial charge in [0.15, 0.2) is 0 Å². The van der Waals surface area contributed by atoms with Crippen LogP contribution < -0.4 is 0 Å². The molecular weight excluding hydrogens is 348 g/mol. The van der Waals surface area contributed by atoms with Crippen LogP contribution in [0, 0.1) is 10.8 Å². The smallest absolute Gasteiger partial charge is 0.115 e. The first kappa shape index (κ1) is 18.5. The van der Waals surface area contributed by atoms with E-state index >= 15 is 0 Å². The zero-order valence-electron chi connectivity index (χ0n) is 14.1. The average molecular weight is 368 g/mol. The van der Waals surface area contributed by atoms with E-state index in [0.717, 1.165) is 0 Å². The summed E-state index contributed by atoms with van der Waals surface area (Å²) in [6.07, 6.45) is -0.276. The van der Waals surface area contributed by atoms with Crippen LogP contribution in [0.25, 0.3) is 0 Å². The molecule has 0 amide bonds. The number of phenols is 2. The predicted molar refractivity (Wildman–Crippen MR) is 90.4 cm³/mol. The second-order valence-electron chi connectivity index (χ2n) is 7.12. The number of hydrogen-bond donors (Lipinski definition) is 2. The van der Waals surface area contributed by atoms with Crippen LogP contribution in [0.15, 0.2) is 48.5 Å². The molecular formula is C20H20F4O2. The fourth-order valence-corrected chi connectivity index (χ4v) is 4.84. The molecule has 0 aromatic heterocycles. The lowest BCUT2D eigenvalue weighted by Crippen LogP contribution is -2.73. The predicted octanol–water partition coefficient (Wildman–Crippen LogP) is 4.64. The molecule has 0 heterocycles. The van der Waals surface area contributed by atoms with Crippen LogP contribution in [-0.4, -0.2) is 36.9 Å². The lowest BCUT2D eigenvalue weighted by molar-refractivity contribution is -0.175. The summed E-state index contributed by atoms with van der Waals surface area (Å²) < 4.78 is 56.6. The molecule has 0 spiro atoms. The van der Waals surface area contributed by atoms with Crippen LogP contribution in [-0.2, 0) is 5.41 Å². The first-order valence-electron chi connectivity index (χ1n) is 8.28. The molecule has 2 aromatic carbocycles. The minimum Gasteiger partial charge on any atom is -0.508 e. The minimum atomic E-state index is -1.63. The Morgan fingerprint density at radius 3 is 1.19 bits per heavy atom. The van der Waals surface area contributed by atoms with Gasteiger partial charge in [-0.2, -0.15) is 0 Å². The number of benzene rings is 2. The third-order valence-electron chi connectivity index (χ3n) is 5.89. The van der Waals surface area contributed by atoms with Gasteiger partial charge in [-0.3, -0.25) is 17.6 Å². The van der Waals surface area contributed by atoms with Crippen molar-refractivity contribution in [1.82, 2.24) is 0 Å². The second kappa shape index (κ2) is 6.49. The topological polar surface area (TPSA) is 40.5 Å². The largest absolute Gasteiger partial charge is 0.508 e. The molecule has 0 saturated heterocycles. The summed E-state index contributed by atoms with van der Waals surface area (Å²) in [7, 11) is 0. The molecule has 3 rings (SSSR count). The van der Waals surface area contributed by atoms with Crippen molar-refractivity contribution < 1.29 is 27.8 Å². The molecule has 140 valence electrons. The molecule has 0 radical (unpaired) electrons. The molecule has 6 heteroatoms. The van der Waals surface area contributed by atoms with Gasteiger partial charge in [-0.1, -0.05) is 24.3 Å². The molecule has 0 aliphatic heterocycles. The Kier molecular flexibility index (Phi) is 4.63. The van der Waals surface area contributed by atoms with Gasteiger partial charge in [0.2, 0.25) is 0 Å². The van der Waals surface area contributed by atoms with Crippen molar-refractivity contribution in [1.29, 1.82) is 0 Å². The second-order valence-corrected chi connectivity index (χ2v) is 7.12. The van der Waals surface area contributed by atoms with Crippen LogP contribution >= 0.6 is 0 Å². The Hall–Kier alpha value is -2.24. The fraction of sp³-hybridized carbons (Fsp3) is 0.400. The molecule has 0 bridgehead atoms. The number of rotatable bonds is 6. The van der Waals surface area contributed by atoms with Crippen LogP contribution in [0.5, 0.6) is 11.5 Å². The summed E-state index contributed by atoms with van der Waals surface area (Å²) >= 11 is 0. The first-order chi connectivity index (χ1) is 12.4. The number of hydrogen-bond acceptors (Lipinski definition) is 2. The van der Waals surface area contributed by atoms with Crippen molar-refractivity contribution in [3.05, 3.63) is 59.7 Å². The molecule has 0 unspecified atom stereocenters. The number of aromatic hydroxyl groups is 2. The van der Waals surface area contributed by atoms with Crippen LogP contribution in [0.4, 0.5) is 17.6 Å². The van der Waals surface area contributed by atoms with Crippen molar-refractivity contribution in [2.45, 2.75) is 11.8 Å².